The van der Waals surface area contributed by atoms with Crippen LogP contribution in [0.25, 0.3) is 0 Å². The Bertz CT molecular complexity index is 1440. The highest BCUT2D eigenvalue weighted by Crippen LogP contribution is 2.33. The van der Waals surface area contributed by atoms with Crippen LogP contribution in [0, 0.1) is 0 Å². The average molecular weight is 545 g/mol. The molecule has 3 amide bonds. The number of amides is 3. The number of hydrogen-bond acceptors (Lipinski definition) is 8. The fraction of sp³-hybridized carbons (Fsp3) is 0.345. The second-order valence-electron chi connectivity index (χ2n) is 10.6. The van der Waals surface area contributed by atoms with Crippen molar-refractivity contribution < 1.29 is 23.9 Å². The Labute approximate surface area is 232 Å². The van der Waals surface area contributed by atoms with Gasteiger partial charge < -0.3 is 24.6 Å². The summed E-state index contributed by atoms with van der Waals surface area (Å²) in [5.74, 6) is 0.235. The van der Waals surface area contributed by atoms with E-state index in [-0.39, 0.29) is 17.7 Å². The summed E-state index contributed by atoms with van der Waals surface area (Å²) in [5.41, 5.74) is 2.28. The fourth-order valence-electron chi connectivity index (χ4n) is 4.79. The summed E-state index contributed by atoms with van der Waals surface area (Å²) >= 11 is 0. The van der Waals surface area contributed by atoms with E-state index in [2.05, 4.69) is 20.2 Å². The molecule has 2 aliphatic rings. The third-order valence-corrected chi connectivity index (χ3v) is 6.68. The molecule has 40 heavy (non-hydrogen) atoms. The summed E-state index contributed by atoms with van der Waals surface area (Å²) in [5, 5.41) is 2.92. The number of methoxy groups -OCH3 is 1. The summed E-state index contributed by atoms with van der Waals surface area (Å²) < 4.78 is 10.9. The predicted molar refractivity (Wildman–Crippen MR) is 150 cm³/mol. The zero-order chi connectivity index (χ0) is 28.4. The number of carbonyl (C=O) groups excluding carboxylic acids is 3. The predicted octanol–water partition coefficient (Wildman–Crippen LogP) is 3.96. The van der Waals surface area contributed by atoms with Crippen LogP contribution in [0.2, 0.25) is 0 Å². The quantitative estimate of drug-likeness (QED) is 0.513. The van der Waals surface area contributed by atoms with Gasteiger partial charge in [0.1, 0.15) is 22.9 Å². The Morgan fingerprint density at radius 1 is 1.00 bits per heavy atom. The van der Waals surface area contributed by atoms with Crippen LogP contribution < -0.4 is 19.9 Å². The molecule has 4 heterocycles. The summed E-state index contributed by atoms with van der Waals surface area (Å²) in [4.78, 5) is 52.9. The van der Waals surface area contributed by atoms with E-state index in [1.807, 2.05) is 39.0 Å². The molecule has 1 saturated heterocycles. The Morgan fingerprint density at radius 3 is 2.48 bits per heavy atom. The second-order valence-corrected chi connectivity index (χ2v) is 10.6. The van der Waals surface area contributed by atoms with Crippen LogP contribution in [0.5, 0.6) is 5.75 Å². The number of ether oxygens (including phenoxy) is 2. The minimum Gasteiger partial charge on any atom is -0.496 e. The maximum Gasteiger partial charge on any atom is 0.410 e. The Kier molecular flexibility index (Phi) is 7.29. The van der Waals surface area contributed by atoms with Crippen molar-refractivity contribution in [2.24, 2.45) is 0 Å². The molecule has 2 aromatic heterocycles. The number of pyridine rings is 2. The number of piperazine rings is 1. The molecule has 0 unspecified atom stereocenters. The summed E-state index contributed by atoms with van der Waals surface area (Å²) in [6.07, 6.45) is 2.92. The van der Waals surface area contributed by atoms with Crippen molar-refractivity contribution in [1.29, 1.82) is 0 Å². The number of benzene rings is 1. The molecule has 208 valence electrons. The lowest BCUT2D eigenvalue weighted by molar-refractivity contribution is 0.0240. The summed E-state index contributed by atoms with van der Waals surface area (Å²) in [7, 11) is 1.53. The van der Waals surface area contributed by atoms with Crippen molar-refractivity contribution in [1.82, 2.24) is 14.9 Å². The molecule has 11 heteroatoms. The standard InChI is InChI=1S/C29H32N6O5/c1-29(2,3)40-28(38)34-15-13-33(14-16-34)22-11-12-30-17-21(22)32-26(36)20-8-6-10-24(31-20)35-18-19-7-5-9-23(39-4)25(19)27(35)37/h5-12,17H,13-16,18H2,1-4H3,(H,32,36). The topological polar surface area (TPSA) is 117 Å². The lowest BCUT2D eigenvalue weighted by atomic mass is 10.1. The van der Waals surface area contributed by atoms with Crippen molar-refractivity contribution >= 4 is 35.1 Å². The molecule has 0 saturated carbocycles. The molecule has 1 fully saturated rings. The van der Waals surface area contributed by atoms with E-state index < -0.39 is 11.5 Å². The Hall–Kier alpha value is -4.67. The third kappa shape index (κ3) is 5.54. The van der Waals surface area contributed by atoms with Gasteiger partial charge in [-0.3, -0.25) is 19.5 Å². The molecular weight excluding hydrogens is 512 g/mol. The number of nitrogens with zero attached hydrogens (tertiary/aromatic N) is 5. The molecule has 0 atom stereocenters. The molecule has 5 rings (SSSR count). The largest absolute Gasteiger partial charge is 0.496 e. The van der Waals surface area contributed by atoms with Crippen LogP contribution in [0.1, 0.15) is 47.2 Å². The second kappa shape index (κ2) is 10.8. The molecule has 1 N–H and O–H groups in total. The molecule has 0 bridgehead atoms. The zero-order valence-electron chi connectivity index (χ0n) is 23.0. The van der Waals surface area contributed by atoms with Crippen LogP contribution in [-0.2, 0) is 11.3 Å². The minimum absolute atomic E-state index is 0.165. The highest BCUT2D eigenvalue weighted by molar-refractivity contribution is 6.12. The SMILES string of the molecule is COc1cccc2c1C(=O)N(c1cccc(C(=O)Nc3cnccc3N3CCN(C(=O)OC(C)(C)C)CC3)n1)C2. The zero-order valence-corrected chi connectivity index (χ0v) is 23.0. The van der Waals surface area contributed by atoms with E-state index in [0.29, 0.717) is 55.5 Å². The van der Waals surface area contributed by atoms with Crippen LogP contribution in [0.3, 0.4) is 0 Å². The van der Waals surface area contributed by atoms with E-state index in [1.165, 1.54) is 12.0 Å². The normalized spacial score (nSPS) is 15.1. The van der Waals surface area contributed by atoms with Crippen LogP contribution in [0.15, 0.2) is 54.9 Å². The number of fused-ring (bicyclic) bond motifs is 1. The lowest BCUT2D eigenvalue weighted by Gasteiger charge is -2.37. The van der Waals surface area contributed by atoms with Gasteiger partial charge in [-0.15, -0.1) is 0 Å². The maximum absolute atomic E-state index is 13.3. The van der Waals surface area contributed by atoms with Gasteiger partial charge in [-0.05, 0) is 50.6 Å². The van der Waals surface area contributed by atoms with Crippen molar-refractivity contribution in [3.8, 4) is 5.75 Å². The summed E-state index contributed by atoms with van der Waals surface area (Å²) in [6, 6.07) is 12.3. The highest BCUT2D eigenvalue weighted by atomic mass is 16.6. The first kappa shape index (κ1) is 26.9. The molecule has 0 aliphatic carbocycles. The van der Waals surface area contributed by atoms with E-state index in [1.54, 1.807) is 41.6 Å². The number of rotatable bonds is 5. The van der Waals surface area contributed by atoms with Gasteiger partial charge in [0.15, 0.2) is 0 Å². The molecule has 3 aromatic rings. The fourth-order valence-corrected chi connectivity index (χ4v) is 4.79. The first-order chi connectivity index (χ1) is 19.1. The molecular formula is C29H32N6O5. The van der Waals surface area contributed by atoms with Gasteiger partial charge >= 0.3 is 6.09 Å². The molecule has 0 radical (unpaired) electrons. The number of aromatic nitrogens is 2. The van der Waals surface area contributed by atoms with Gasteiger partial charge in [0.2, 0.25) is 0 Å². The molecule has 2 aliphatic heterocycles. The Balaban J connectivity index is 1.28. The number of anilines is 3. The van der Waals surface area contributed by atoms with Crippen molar-refractivity contribution in [3.63, 3.8) is 0 Å². The van der Waals surface area contributed by atoms with Crippen LogP contribution in [0.4, 0.5) is 22.0 Å². The van der Waals surface area contributed by atoms with Gasteiger partial charge in [-0.25, -0.2) is 9.78 Å². The van der Waals surface area contributed by atoms with Gasteiger partial charge in [0.05, 0.1) is 36.8 Å². The maximum atomic E-state index is 13.3. The monoisotopic (exact) mass is 544 g/mol. The Morgan fingerprint density at radius 2 is 1.75 bits per heavy atom. The van der Waals surface area contributed by atoms with Gasteiger partial charge in [-0.2, -0.15) is 0 Å². The summed E-state index contributed by atoms with van der Waals surface area (Å²) in [6.45, 7) is 7.99. The molecule has 0 spiro atoms. The van der Waals surface area contributed by atoms with Crippen molar-refractivity contribution in [2.45, 2.75) is 32.9 Å². The van der Waals surface area contributed by atoms with Crippen LogP contribution >= 0.6 is 0 Å². The average Bonchev–Trinajstić information content (AvgIpc) is 3.29. The molecule has 1 aromatic carbocycles. The van der Waals surface area contributed by atoms with Crippen LogP contribution in [-0.4, -0.2) is 71.7 Å². The van der Waals surface area contributed by atoms with E-state index in [4.69, 9.17) is 9.47 Å². The third-order valence-electron chi connectivity index (χ3n) is 6.68. The van der Waals surface area contributed by atoms with Crippen molar-refractivity contribution in [2.75, 3.05) is 48.4 Å². The van der Waals surface area contributed by atoms with E-state index in [0.717, 1.165) is 11.3 Å². The van der Waals surface area contributed by atoms with E-state index in [9.17, 15) is 14.4 Å². The number of hydrogen-bond donors (Lipinski definition) is 1. The first-order valence-electron chi connectivity index (χ1n) is 13.1. The number of nitrogens with one attached hydrogen (secondary N) is 1. The van der Waals surface area contributed by atoms with E-state index >= 15 is 0 Å². The number of carbonyl (C=O) groups is 3. The first-order valence-corrected chi connectivity index (χ1v) is 13.1. The van der Waals surface area contributed by atoms with Gasteiger partial charge in [-0.1, -0.05) is 18.2 Å². The minimum atomic E-state index is -0.555. The molecule has 11 nitrogen and oxygen atoms in total. The lowest BCUT2D eigenvalue weighted by Crippen LogP contribution is -2.50. The van der Waals surface area contributed by atoms with Crippen molar-refractivity contribution in [3.05, 3.63) is 71.7 Å². The van der Waals surface area contributed by atoms with Gasteiger partial charge in [0.25, 0.3) is 11.8 Å². The van der Waals surface area contributed by atoms with Gasteiger partial charge in [0, 0.05) is 32.4 Å². The smallest absolute Gasteiger partial charge is 0.410 e. The highest BCUT2D eigenvalue weighted by Gasteiger charge is 2.33.